The van der Waals surface area contributed by atoms with Crippen molar-refractivity contribution in [2.75, 3.05) is 36.0 Å². The standard InChI is InChI=1S/C31H41N3O4/c1-7-33(8-2)22-13-15-24(27(18-22)20(5)35)29(30-26(31(37)38)12-11-17-32-30)25-16-14-23(34(9-3)10-4)19-28(25)21(6)36/h11-21,29,35-36H,7-10H2,1-6H3,(H,37,38). The van der Waals surface area contributed by atoms with Crippen LogP contribution in [0.4, 0.5) is 11.4 Å². The number of benzene rings is 2. The molecule has 0 radical (unpaired) electrons. The summed E-state index contributed by atoms with van der Waals surface area (Å²) in [5.41, 5.74) is 5.35. The number of nitrogens with zero attached hydrogens (tertiary/aromatic N) is 3. The normalized spacial score (nSPS) is 13.6. The minimum atomic E-state index is -1.07. The number of aromatic carboxylic acids is 1. The summed E-state index contributed by atoms with van der Waals surface area (Å²) >= 11 is 0. The Kier molecular flexibility index (Phi) is 9.89. The highest BCUT2D eigenvalue weighted by Crippen LogP contribution is 2.41. The molecule has 38 heavy (non-hydrogen) atoms. The van der Waals surface area contributed by atoms with Crippen molar-refractivity contribution in [1.29, 1.82) is 0 Å². The lowest BCUT2D eigenvalue weighted by Gasteiger charge is -2.29. The van der Waals surface area contributed by atoms with Crippen molar-refractivity contribution in [2.45, 2.75) is 59.7 Å². The summed E-state index contributed by atoms with van der Waals surface area (Å²) in [6.07, 6.45) is -0.0113. The molecule has 0 spiro atoms. The zero-order chi connectivity index (χ0) is 28.0. The second-order valence-electron chi connectivity index (χ2n) is 9.50. The third-order valence-electron chi connectivity index (χ3n) is 7.26. The Morgan fingerprint density at radius 3 is 1.58 bits per heavy atom. The first-order chi connectivity index (χ1) is 18.2. The second kappa shape index (κ2) is 12.9. The molecule has 3 rings (SSSR count). The Morgan fingerprint density at radius 1 is 0.763 bits per heavy atom. The Hall–Kier alpha value is -3.42. The summed E-state index contributed by atoms with van der Waals surface area (Å²) in [5.74, 6) is -1.69. The average Bonchev–Trinajstić information content (AvgIpc) is 2.91. The minimum absolute atomic E-state index is 0.0891. The van der Waals surface area contributed by atoms with Gasteiger partial charge >= 0.3 is 5.97 Å². The maximum Gasteiger partial charge on any atom is 0.337 e. The van der Waals surface area contributed by atoms with E-state index >= 15 is 0 Å². The van der Waals surface area contributed by atoms with Crippen LogP contribution in [-0.4, -0.2) is 52.5 Å². The molecule has 3 aromatic rings. The first kappa shape index (κ1) is 29.1. The smallest absolute Gasteiger partial charge is 0.337 e. The Morgan fingerprint density at radius 2 is 1.21 bits per heavy atom. The van der Waals surface area contributed by atoms with Crippen LogP contribution in [0, 0.1) is 0 Å². The van der Waals surface area contributed by atoms with Crippen LogP contribution in [-0.2, 0) is 0 Å². The largest absolute Gasteiger partial charge is 0.478 e. The van der Waals surface area contributed by atoms with Crippen molar-refractivity contribution < 1.29 is 20.1 Å². The molecule has 7 heteroatoms. The molecular formula is C31H41N3O4. The fraction of sp³-hybridized carbons (Fsp3) is 0.419. The lowest BCUT2D eigenvalue weighted by molar-refractivity contribution is 0.0695. The van der Waals surface area contributed by atoms with Crippen molar-refractivity contribution in [2.24, 2.45) is 0 Å². The SMILES string of the molecule is CCN(CC)c1ccc(C(c2ccc(N(CC)CC)cc2C(C)O)c2ncccc2C(=O)O)c(C(C)O)c1. The number of carbonyl (C=O) groups is 1. The summed E-state index contributed by atoms with van der Waals surface area (Å²) < 4.78 is 0. The van der Waals surface area contributed by atoms with Crippen LogP contribution >= 0.6 is 0 Å². The van der Waals surface area contributed by atoms with Crippen molar-refractivity contribution in [3.8, 4) is 0 Å². The van der Waals surface area contributed by atoms with Gasteiger partial charge in [-0.2, -0.15) is 0 Å². The fourth-order valence-electron chi connectivity index (χ4n) is 5.24. The summed E-state index contributed by atoms with van der Waals surface area (Å²) in [7, 11) is 0. The molecule has 1 aromatic heterocycles. The van der Waals surface area contributed by atoms with Crippen LogP contribution < -0.4 is 9.80 Å². The molecule has 0 aliphatic rings. The number of carboxylic acids is 1. The molecule has 7 nitrogen and oxygen atoms in total. The molecule has 204 valence electrons. The predicted octanol–water partition coefficient (Wildman–Crippen LogP) is 5.76. The molecule has 2 aromatic carbocycles. The summed E-state index contributed by atoms with van der Waals surface area (Å²) in [5, 5.41) is 31.9. The lowest BCUT2D eigenvalue weighted by atomic mass is 9.79. The van der Waals surface area contributed by atoms with Crippen molar-refractivity contribution >= 4 is 17.3 Å². The summed E-state index contributed by atoms with van der Waals surface area (Å²) in [6.45, 7) is 15.1. The number of carboxylic acid groups (broad SMARTS) is 1. The number of aliphatic hydroxyl groups excluding tert-OH is 2. The molecule has 0 bridgehead atoms. The molecule has 3 N–H and O–H groups in total. The third kappa shape index (κ3) is 6.00. The quantitative estimate of drug-likeness (QED) is 0.280. The van der Waals surface area contributed by atoms with E-state index < -0.39 is 24.1 Å². The van der Waals surface area contributed by atoms with Crippen molar-refractivity contribution in [1.82, 2.24) is 4.98 Å². The van der Waals surface area contributed by atoms with Gasteiger partial charge in [-0.05, 0) is 100 Å². The van der Waals surface area contributed by atoms with Crippen molar-refractivity contribution in [3.63, 3.8) is 0 Å². The lowest BCUT2D eigenvalue weighted by Crippen LogP contribution is -2.23. The molecule has 0 aliphatic heterocycles. The van der Waals surface area contributed by atoms with Crippen LogP contribution in [0.2, 0.25) is 0 Å². The highest BCUT2D eigenvalue weighted by Gasteiger charge is 2.30. The molecule has 0 amide bonds. The zero-order valence-electron chi connectivity index (χ0n) is 23.3. The molecule has 1 heterocycles. The first-order valence-corrected chi connectivity index (χ1v) is 13.5. The van der Waals surface area contributed by atoms with Crippen LogP contribution in [0.1, 0.15) is 98.0 Å². The number of anilines is 2. The van der Waals surface area contributed by atoms with Crippen LogP contribution in [0.5, 0.6) is 0 Å². The molecular weight excluding hydrogens is 478 g/mol. The number of aromatic nitrogens is 1. The summed E-state index contributed by atoms with van der Waals surface area (Å²) in [6, 6.07) is 15.1. The van der Waals surface area contributed by atoms with Crippen LogP contribution in [0.15, 0.2) is 54.7 Å². The Labute approximate surface area is 226 Å². The fourth-order valence-corrected chi connectivity index (χ4v) is 5.24. The molecule has 0 aliphatic carbocycles. The minimum Gasteiger partial charge on any atom is -0.478 e. The topological polar surface area (TPSA) is 97.1 Å². The van der Waals surface area contributed by atoms with E-state index in [0.29, 0.717) is 16.8 Å². The maximum atomic E-state index is 12.3. The van der Waals surface area contributed by atoms with E-state index in [1.807, 2.05) is 36.4 Å². The van der Waals surface area contributed by atoms with Gasteiger partial charge in [-0.1, -0.05) is 12.1 Å². The number of pyridine rings is 1. The first-order valence-electron chi connectivity index (χ1n) is 13.5. The van der Waals surface area contributed by atoms with Gasteiger partial charge in [-0.25, -0.2) is 4.79 Å². The zero-order valence-corrected chi connectivity index (χ0v) is 23.3. The maximum absolute atomic E-state index is 12.3. The molecule has 0 fully saturated rings. The van der Waals surface area contributed by atoms with Gasteiger partial charge in [0.1, 0.15) is 0 Å². The third-order valence-corrected chi connectivity index (χ3v) is 7.26. The monoisotopic (exact) mass is 519 g/mol. The van der Waals surface area contributed by atoms with Gasteiger partial charge in [0.2, 0.25) is 0 Å². The van der Waals surface area contributed by atoms with Gasteiger partial charge in [0.05, 0.1) is 29.4 Å². The number of aliphatic hydroxyl groups is 2. The van der Waals surface area contributed by atoms with Gasteiger partial charge in [-0.3, -0.25) is 4.98 Å². The highest BCUT2D eigenvalue weighted by atomic mass is 16.4. The molecule has 2 atom stereocenters. The van der Waals surface area contributed by atoms with E-state index in [4.69, 9.17) is 0 Å². The van der Waals surface area contributed by atoms with Gasteiger partial charge in [-0.15, -0.1) is 0 Å². The van der Waals surface area contributed by atoms with E-state index in [9.17, 15) is 20.1 Å². The second-order valence-corrected chi connectivity index (χ2v) is 9.50. The van der Waals surface area contributed by atoms with Gasteiger partial charge in [0.25, 0.3) is 0 Å². The van der Waals surface area contributed by atoms with E-state index in [0.717, 1.165) is 48.7 Å². The predicted molar refractivity (Wildman–Crippen MR) is 153 cm³/mol. The van der Waals surface area contributed by atoms with E-state index in [-0.39, 0.29) is 5.56 Å². The number of rotatable bonds is 12. The highest BCUT2D eigenvalue weighted by molar-refractivity contribution is 5.89. The average molecular weight is 520 g/mol. The Balaban J connectivity index is 2.39. The van der Waals surface area contributed by atoms with E-state index in [1.54, 1.807) is 32.2 Å². The molecule has 2 unspecified atom stereocenters. The van der Waals surface area contributed by atoms with Crippen LogP contribution in [0.3, 0.4) is 0 Å². The van der Waals surface area contributed by atoms with Crippen LogP contribution in [0.25, 0.3) is 0 Å². The van der Waals surface area contributed by atoms with Gasteiger partial charge in [0.15, 0.2) is 0 Å². The van der Waals surface area contributed by atoms with Gasteiger partial charge < -0.3 is 25.1 Å². The molecule has 0 saturated carbocycles. The summed E-state index contributed by atoms with van der Waals surface area (Å²) in [4.78, 5) is 21.3. The van der Waals surface area contributed by atoms with Gasteiger partial charge in [0, 0.05) is 43.8 Å². The number of hydrogen-bond donors (Lipinski definition) is 3. The molecule has 0 saturated heterocycles. The number of hydrogen-bond acceptors (Lipinski definition) is 6. The van der Waals surface area contributed by atoms with Crippen molar-refractivity contribution in [3.05, 3.63) is 88.2 Å². The van der Waals surface area contributed by atoms with E-state index in [1.165, 1.54) is 0 Å². The Bertz CT molecular complexity index is 1170. The van der Waals surface area contributed by atoms with E-state index in [2.05, 4.69) is 42.5 Å².